The number of rotatable bonds is 7. The molecule has 3 aliphatic heterocycles. The van der Waals surface area contributed by atoms with Crippen molar-refractivity contribution < 1.29 is 41.8 Å². The van der Waals surface area contributed by atoms with Crippen molar-refractivity contribution >= 4 is 44.7 Å². The fraction of sp³-hybridized carbons (Fsp3) is 0.651. The Morgan fingerprint density at radius 1 is 1.05 bits per heavy atom. The van der Waals surface area contributed by atoms with E-state index in [9.17, 15) is 27.6 Å². The highest BCUT2D eigenvalue weighted by molar-refractivity contribution is 7.91. The minimum atomic E-state index is -4.00. The summed E-state index contributed by atoms with van der Waals surface area (Å²) in [5, 5.41) is 6.65. The molecule has 0 bridgehead atoms. The molecule has 0 radical (unpaired) electrons. The van der Waals surface area contributed by atoms with Crippen molar-refractivity contribution in [2.45, 2.75) is 158 Å². The van der Waals surface area contributed by atoms with Gasteiger partial charge in [-0.15, -0.1) is 0 Å². The van der Waals surface area contributed by atoms with Crippen LogP contribution in [-0.2, 0) is 35.6 Å². The first-order valence-electron chi connectivity index (χ1n) is 21.1. The van der Waals surface area contributed by atoms with Crippen molar-refractivity contribution in [1.29, 1.82) is 0 Å². The van der Waals surface area contributed by atoms with Crippen LogP contribution >= 0.6 is 0 Å². The van der Waals surface area contributed by atoms with Gasteiger partial charge < -0.3 is 29.7 Å². The SMILES string of the molecule is COc1ccc2nc(C(C)C)c3c(c2c1)CCC1(CC2C(=O)NC(C(=O)NS(=O)(=O)C4(C)CC4)C(C)C=CCCCCCC(NC(=O)OC4CCCC4)C(=O)N2C1)O3. The number of hydrogen-bond acceptors (Lipinski definition) is 10. The van der Waals surface area contributed by atoms with Crippen LogP contribution in [0, 0.1) is 5.92 Å². The van der Waals surface area contributed by atoms with Gasteiger partial charge in [-0.3, -0.25) is 19.1 Å². The molecule has 2 saturated carbocycles. The second kappa shape index (κ2) is 16.7. The molecule has 1 aromatic carbocycles. The van der Waals surface area contributed by atoms with Crippen LogP contribution in [0.5, 0.6) is 11.5 Å². The quantitative estimate of drug-likeness (QED) is 0.293. The Morgan fingerprint density at radius 3 is 2.50 bits per heavy atom. The van der Waals surface area contributed by atoms with E-state index in [4.69, 9.17) is 19.2 Å². The van der Waals surface area contributed by atoms with Gasteiger partial charge in [-0.1, -0.05) is 45.8 Å². The van der Waals surface area contributed by atoms with E-state index in [1.54, 1.807) is 21.0 Å². The van der Waals surface area contributed by atoms with Crippen LogP contribution in [-0.4, -0.2) is 90.3 Å². The van der Waals surface area contributed by atoms with E-state index >= 15 is 0 Å². The fourth-order valence-electron chi connectivity index (χ4n) is 8.93. The lowest BCUT2D eigenvalue weighted by Crippen LogP contribution is -2.58. The summed E-state index contributed by atoms with van der Waals surface area (Å²) < 4.78 is 46.0. The maximum atomic E-state index is 14.9. The third-order valence-electron chi connectivity index (χ3n) is 12.9. The van der Waals surface area contributed by atoms with Crippen LogP contribution in [0.2, 0.25) is 0 Å². The summed E-state index contributed by atoms with van der Waals surface area (Å²) in [5.41, 5.74) is 1.57. The molecule has 15 heteroatoms. The van der Waals surface area contributed by atoms with Gasteiger partial charge in [0, 0.05) is 23.3 Å². The van der Waals surface area contributed by atoms with Gasteiger partial charge in [-0.2, -0.15) is 0 Å². The first-order chi connectivity index (χ1) is 27.6. The van der Waals surface area contributed by atoms with Crippen molar-refractivity contribution in [3.63, 3.8) is 0 Å². The first kappa shape index (κ1) is 41.7. The van der Waals surface area contributed by atoms with Gasteiger partial charge in [0.05, 0.1) is 29.6 Å². The van der Waals surface area contributed by atoms with Crippen LogP contribution in [0.15, 0.2) is 30.4 Å². The molecule has 5 unspecified atom stereocenters. The molecule has 316 valence electrons. The zero-order chi connectivity index (χ0) is 41.4. The molecule has 7 rings (SSSR count). The zero-order valence-corrected chi connectivity index (χ0v) is 35.3. The Labute approximate surface area is 341 Å². The van der Waals surface area contributed by atoms with E-state index in [0.29, 0.717) is 56.4 Å². The summed E-state index contributed by atoms with van der Waals surface area (Å²) in [7, 11) is -2.39. The van der Waals surface area contributed by atoms with E-state index in [1.165, 1.54) is 4.90 Å². The largest absolute Gasteiger partial charge is 0.497 e. The van der Waals surface area contributed by atoms with Gasteiger partial charge in [-0.05, 0) is 102 Å². The lowest BCUT2D eigenvalue weighted by molar-refractivity contribution is -0.141. The van der Waals surface area contributed by atoms with Crippen molar-refractivity contribution in [3.8, 4) is 11.5 Å². The van der Waals surface area contributed by atoms with E-state index in [2.05, 4.69) is 15.4 Å². The Bertz CT molecular complexity index is 2060. The minimum Gasteiger partial charge on any atom is -0.497 e. The Kier molecular flexibility index (Phi) is 12.0. The maximum absolute atomic E-state index is 14.9. The van der Waals surface area contributed by atoms with Crippen LogP contribution in [0.25, 0.3) is 10.9 Å². The third kappa shape index (κ3) is 8.65. The normalized spacial score (nSPS) is 27.9. The van der Waals surface area contributed by atoms with E-state index in [1.807, 2.05) is 44.2 Å². The predicted molar refractivity (Wildman–Crippen MR) is 218 cm³/mol. The number of carbonyl (C=O) groups is 4. The Hall–Kier alpha value is -4.40. The number of fused-ring (bicyclic) bond motifs is 4. The van der Waals surface area contributed by atoms with Gasteiger partial charge in [-0.25, -0.2) is 18.2 Å². The van der Waals surface area contributed by atoms with Gasteiger partial charge in [0.2, 0.25) is 21.8 Å². The van der Waals surface area contributed by atoms with E-state index in [0.717, 1.165) is 60.7 Å². The molecule has 4 heterocycles. The second-order valence-electron chi connectivity index (χ2n) is 17.7. The fourth-order valence-corrected chi connectivity index (χ4v) is 10.2. The third-order valence-corrected chi connectivity index (χ3v) is 15.0. The summed E-state index contributed by atoms with van der Waals surface area (Å²) >= 11 is 0. The molecule has 1 spiro atoms. The summed E-state index contributed by atoms with van der Waals surface area (Å²) in [6.45, 7) is 7.50. The molecule has 14 nitrogen and oxygen atoms in total. The maximum Gasteiger partial charge on any atom is 0.408 e. The molecule has 5 atom stereocenters. The number of sulfonamides is 1. The zero-order valence-electron chi connectivity index (χ0n) is 34.4. The molecule has 3 fully saturated rings. The van der Waals surface area contributed by atoms with E-state index in [-0.39, 0.29) is 25.0 Å². The van der Waals surface area contributed by atoms with Crippen molar-refractivity contribution in [3.05, 3.63) is 41.6 Å². The molecule has 2 aliphatic carbocycles. The number of carbonyl (C=O) groups excluding carboxylic acids is 4. The standard InChI is InChI=1S/C43H59N5O9S/c1-26(2)35-37-30(31-23-29(55-5)17-18-32(31)44-35)19-20-43(57-37)24-34-38(49)46-36(39(50)47-58(53,54)42(4)21-22-42)27(3)13-9-7-6-8-10-16-33(40(51)48(34)25-43)45-41(52)56-28-14-11-12-15-28/h9,13,17-18,23,26-28,33-34,36H,6-8,10-12,14-16,19-22,24-25H2,1-5H3,(H,45,52)(H,46,49)(H,47,50). The Morgan fingerprint density at radius 2 is 1.79 bits per heavy atom. The van der Waals surface area contributed by atoms with Gasteiger partial charge in [0.25, 0.3) is 5.91 Å². The molecule has 5 aliphatic rings. The molecule has 1 aromatic heterocycles. The minimum absolute atomic E-state index is 0.00496. The number of pyridine rings is 1. The summed E-state index contributed by atoms with van der Waals surface area (Å²) in [4.78, 5) is 63.3. The van der Waals surface area contributed by atoms with Crippen LogP contribution in [0.1, 0.15) is 128 Å². The molecule has 3 N–H and O–H groups in total. The molecular formula is C43H59N5O9S. The van der Waals surface area contributed by atoms with Crippen molar-refractivity contribution in [2.75, 3.05) is 13.7 Å². The Balaban J connectivity index is 1.24. The van der Waals surface area contributed by atoms with Crippen LogP contribution < -0.4 is 24.8 Å². The molecule has 1 saturated heterocycles. The number of ether oxygens (including phenoxy) is 3. The lowest BCUT2D eigenvalue weighted by atomic mass is 9.86. The van der Waals surface area contributed by atoms with Gasteiger partial charge >= 0.3 is 6.09 Å². The molecule has 58 heavy (non-hydrogen) atoms. The number of amides is 4. The number of methoxy groups -OCH3 is 1. The van der Waals surface area contributed by atoms with Crippen molar-refractivity contribution in [2.24, 2.45) is 5.92 Å². The topological polar surface area (TPSA) is 182 Å². The van der Waals surface area contributed by atoms with Gasteiger partial charge in [0.1, 0.15) is 41.3 Å². The summed E-state index contributed by atoms with van der Waals surface area (Å²) in [6.07, 6.45) is 11.7. The highest BCUT2D eigenvalue weighted by Gasteiger charge is 2.55. The number of aryl methyl sites for hydroxylation is 1. The van der Waals surface area contributed by atoms with Crippen molar-refractivity contribution in [1.82, 2.24) is 25.2 Å². The molecule has 4 amide bonds. The number of alkyl carbamates (subject to hydrolysis) is 1. The number of aromatic nitrogens is 1. The number of nitrogens with zero attached hydrogens (tertiary/aromatic N) is 2. The monoisotopic (exact) mass is 821 g/mol. The smallest absolute Gasteiger partial charge is 0.408 e. The average molecular weight is 822 g/mol. The highest BCUT2D eigenvalue weighted by Crippen LogP contribution is 2.47. The summed E-state index contributed by atoms with van der Waals surface area (Å²) in [6, 6.07) is 2.44. The predicted octanol–water partition coefficient (Wildman–Crippen LogP) is 5.71. The number of hydrogen-bond donors (Lipinski definition) is 3. The van der Waals surface area contributed by atoms with Gasteiger partial charge in [0.15, 0.2) is 0 Å². The number of benzene rings is 1. The summed E-state index contributed by atoms with van der Waals surface area (Å²) in [5.74, 6) is -1.14. The average Bonchev–Trinajstić information content (AvgIpc) is 3.57. The highest BCUT2D eigenvalue weighted by atomic mass is 32.2. The van der Waals surface area contributed by atoms with Crippen LogP contribution in [0.3, 0.4) is 0 Å². The molecular weight excluding hydrogens is 763 g/mol. The second-order valence-corrected chi connectivity index (χ2v) is 19.9. The lowest BCUT2D eigenvalue weighted by Gasteiger charge is -2.37. The number of allylic oxidation sites excluding steroid dienone is 1. The van der Waals surface area contributed by atoms with Crippen LogP contribution in [0.4, 0.5) is 4.79 Å². The molecule has 2 aromatic rings. The van der Waals surface area contributed by atoms with E-state index < -0.39 is 68.2 Å². The first-order valence-corrected chi connectivity index (χ1v) is 22.6. The number of nitrogens with one attached hydrogen (secondary N) is 3.